The predicted octanol–water partition coefficient (Wildman–Crippen LogP) is 5.74. The summed E-state index contributed by atoms with van der Waals surface area (Å²) in [5.74, 6) is 0. The molecule has 0 fully saturated rings. The predicted molar refractivity (Wildman–Crippen MR) is 106 cm³/mol. The minimum absolute atomic E-state index is 0.281. The Morgan fingerprint density at radius 1 is 0.727 bits per heavy atom. The quantitative estimate of drug-likeness (QED) is 0.439. The van der Waals surface area contributed by atoms with Gasteiger partial charge in [0.15, 0.2) is 8.24 Å². The minimum atomic E-state index is -1.85. The first-order chi connectivity index (χ1) is 9.38. The van der Waals surface area contributed by atoms with E-state index in [1.54, 1.807) is 0 Å². The van der Waals surface area contributed by atoms with Crippen molar-refractivity contribution in [2.45, 2.75) is 90.9 Å². The standard InChI is InChI=1S/C16H40FN2Si3/c1-15(2,3)20(16(4,5)6)19(22(10,11)12)14-13-18(17)21(7,8)9/h13-14H2,1-12H3. The third-order valence-electron chi connectivity index (χ3n) is 3.75. The molecule has 0 unspecified atom stereocenters. The lowest BCUT2D eigenvalue weighted by Crippen LogP contribution is -2.62. The van der Waals surface area contributed by atoms with Crippen molar-refractivity contribution < 1.29 is 4.48 Å². The van der Waals surface area contributed by atoms with Crippen molar-refractivity contribution >= 4 is 25.4 Å². The number of halogens is 1. The lowest BCUT2D eigenvalue weighted by atomic mass is 10.2. The van der Waals surface area contributed by atoms with Gasteiger partial charge >= 0.3 is 0 Å². The number of rotatable bonds is 6. The Labute approximate surface area is 143 Å². The molecule has 0 aliphatic rings. The highest BCUT2D eigenvalue weighted by Gasteiger charge is 2.45. The molecule has 6 heteroatoms. The van der Waals surface area contributed by atoms with Gasteiger partial charge in [-0.05, 0) is 16.6 Å². The molecule has 0 aliphatic heterocycles. The second-order valence-electron chi connectivity index (χ2n) is 10.4. The summed E-state index contributed by atoms with van der Waals surface area (Å²) in [5, 5.41) is 0.563. The van der Waals surface area contributed by atoms with Crippen LogP contribution in [0.3, 0.4) is 0 Å². The van der Waals surface area contributed by atoms with E-state index in [1.807, 2.05) is 0 Å². The summed E-state index contributed by atoms with van der Waals surface area (Å²) in [7, 11) is -4.14. The molecule has 0 N–H and O–H groups in total. The molecule has 0 amide bonds. The maximum absolute atomic E-state index is 14.4. The van der Waals surface area contributed by atoms with Crippen molar-refractivity contribution in [1.82, 2.24) is 9.02 Å². The van der Waals surface area contributed by atoms with Crippen LogP contribution >= 0.6 is 0 Å². The molecule has 0 aromatic heterocycles. The summed E-state index contributed by atoms with van der Waals surface area (Å²) in [6.07, 6.45) is 0. The molecule has 0 atom stereocenters. The van der Waals surface area contributed by atoms with E-state index in [2.05, 4.69) is 85.1 Å². The Morgan fingerprint density at radius 3 is 1.32 bits per heavy atom. The second-order valence-corrected chi connectivity index (χ2v) is 24.8. The fraction of sp³-hybridized carbons (Fsp3) is 1.00. The van der Waals surface area contributed by atoms with Gasteiger partial charge in [0, 0.05) is 6.54 Å². The average molecular weight is 364 g/mol. The lowest BCUT2D eigenvalue weighted by Gasteiger charge is -2.51. The molecule has 0 spiro atoms. The third-order valence-corrected chi connectivity index (χ3v) is 13.6. The molecule has 2 nitrogen and oxygen atoms in total. The highest BCUT2D eigenvalue weighted by molar-refractivity contribution is 6.84. The maximum atomic E-state index is 14.4. The smallest absolute Gasteiger partial charge is 0.158 e. The summed E-state index contributed by atoms with van der Waals surface area (Å²) in [6, 6.07) is 0. The van der Waals surface area contributed by atoms with Crippen molar-refractivity contribution in [2.75, 3.05) is 13.1 Å². The van der Waals surface area contributed by atoms with Crippen LogP contribution < -0.4 is 0 Å². The van der Waals surface area contributed by atoms with Crippen LogP contribution in [0.2, 0.25) is 49.4 Å². The van der Waals surface area contributed by atoms with Crippen LogP contribution in [-0.2, 0) is 0 Å². The lowest BCUT2D eigenvalue weighted by molar-refractivity contribution is 0.122. The maximum Gasteiger partial charge on any atom is 0.158 e. The molecular weight excluding hydrogens is 323 g/mol. The Balaban J connectivity index is 5.46. The fourth-order valence-electron chi connectivity index (χ4n) is 3.24. The van der Waals surface area contributed by atoms with Crippen LogP contribution in [0, 0.1) is 0 Å². The van der Waals surface area contributed by atoms with E-state index < -0.39 is 25.4 Å². The molecule has 0 aromatic rings. The van der Waals surface area contributed by atoms with Crippen LogP contribution in [0.4, 0.5) is 4.48 Å². The molecule has 0 bridgehead atoms. The van der Waals surface area contributed by atoms with Gasteiger partial charge in [-0.3, -0.25) is 0 Å². The Hall–Kier alpha value is 0.501. The van der Waals surface area contributed by atoms with Crippen molar-refractivity contribution in [3.8, 4) is 0 Å². The minimum Gasteiger partial charge on any atom is -0.344 e. The van der Waals surface area contributed by atoms with E-state index in [0.29, 0.717) is 6.54 Å². The van der Waals surface area contributed by atoms with Crippen molar-refractivity contribution in [3.05, 3.63) is 0 Å². The average Bonchev–Trinajstić information content (AvgIpc) is 2.16. The van der Waals surface area contributed by atoms with Crippen LogP contribution in [0.5, 0.6) is 0 Å². The first-order valence-electron chi connectivity index (χ1n) is 8.47. The van der Waals surface area contributed by atoms with Gasteiger partial charge in [0.1, 0.15) is 17.2 Å². The molecule has 22 heavy (non-hydrogen) atoms. The zero-order valence-corrected chi connectivity index (χ0v) is 20.2. The highest BCUT2D eigenvalue weighted by Crippen LogP contribution is 2.45. The van der Waals surface area contributed by atoms with E-state index in [-0.39, 0.29) is 10.1 Å². The Bertz CT molecular complexity index is 334. The molecule has 133 valence electrons. The monoisotopic (exact) mass is 363 g/mol. The number of nitrogens with zero attached hydrogens (tertiary/aromatic N) is 2. The third kappa shape index (κ3) is 6.95. The van der Waals surface area contributed by atoms with E-state index in [9.17, 15) is 4.48 Å². The first-order valence-corrected chi connectivity index (χ1v) is 16.8. The van der Waals surface area contributed by atoms with E-state index in [1.165, 1.54) is 0 Å². The zero-order valence-electron chi connectivity index (χ0n) is 17.2. The molecule has 0 heterocycles. The van der Waals surface area contributed by atoms with Gasteiger partial charge in [-0.25, -0.2) is 0 Å². The van der Waals surface area contributed by atoms with Gasteiger partial charge in [-0.15, -0.1) is 4.48 Å². The molecule has 0 rings (SSSR count). The van der Waals surface area contributed by atoms with Crippen LogP contribution in [0.15, 0.2) is 0 Å². The fourth-order valence-corrected chi connectivity index (χ4v) is 13.7. The van der Waals surface area contributed by atoms with Crippen LogP contribution in [0.25, 0.3) is 0 Å². The van der Waals surface area contributed by atoms with E-state index in [4.69, 9.17) is 0 Å². The van der Waals surface area contributed by atoms with Gasteiger partial charge in [-0.2, -0.15) is 4.79 Å². The molecule has 1 radical (unpaired) electrons. The summed E-state index contributed by atoms with van der Waals surface area (Å²) in [6.45, 7) is 29.1. The van der Waals surface area contributed by atoms with Crippen LogP contribution in [-0.4, -0.2) is 47.5 Å². The van der Waals surface area contributed by atoms with Crippen LogP contribution in [0.1, 0.15) is 41.5 Å². The summed E-state index contributed by atoms with van der Waals surface area (Å²) < 4.78 is 17.2. The summed E-state index contributed by atoms with van der Waals surface area (Å²) >= 11 is 0. The SMILES string of the molecule is CC(C)(C)[Si](N(CCN(F)[Si](C)(C)C)[Si](C)(C)C)C(C)(C)C. The van der Waals surface area contributed by atoms with E-state index in [0.717, 1.165) is 11.3 Å². The number of hydrogen-bond donors (Lipinski definition) is 0. The highest BCUT2D eigenvalue weighted by atomic mass is 28.4. The summed E-state index contributed by atoms with van der Waals surface area (Å²) in [4.78, 5) is 1.14. The molecule has 0 saturated heterocycles. The van der Waals surface area contributed by atoms with Crippen molar-refractivity contribution in [3.63, 3.8) is 0 Å². The van der Waals surface area contributed by atoms with Crippen molar-refractivity contribution in [1.29, 1.82) is 0 Å². The molecule has 0 saturated carbocycles. The van der Waals surface area contributed by atoms with Gasteiger partial charge in [0.25, 0.3) is 0 Å². The summed E-state index contributed by atoms with van der Waals surface area (Å²) in [5.41, 5.74) is 0. The Kier molecular flexibility index (Phi) is 7.33. The van der Waals surface area contributed by atoms with Gasteiger partial charge < -0.3 is 4.23 Å². The second kappa shape index (κ2) is 7.17. The largest absolute Gasteiger partial charge is 0.344 e. The first kappa shape index (κ1) is 22.5. The molecular formula is C16H40FN2Si3. The van der Waals surface area contributed by atoms with Gasteiger partial charge in [0.2, 0.25) is 0 Å². The van der Waals surface area contributed by atoms with Gasteiger partial charge in [0.05, 0.1) is 0 Å². The topological polar surface area (TPSA) is 6.48 Å². The van der Waals surface area contributed by atoms with Crippen molar-refractivity contribution in [2.24, 2.45) is 0 Å². The number of hydrogen-bond acceptors (Lipinski definition) is 2. The molecule has 0 aliphatic carbocycles. The van der Waals surface area contributed by atoms with Gasteiger partial charge in [-0.1, -0.05) is 80.8 Å². The molecule has 0 aromatic carbocycles. The Morgan fingerprint density at radius 2 is 1.09 bits per heavy atom. The van der Waals surface area contributed by atoms with E-state index >= 15 is 0 Å². The zero-order chi connectivity index (χ0) is 18.1. The normalized spacial score (nSPS) is 15.3.